The normalized spacial score (nSPS) is 38.2. The Balaban J connectivity index is 1.77. The highest BCUT2D eigenvalue weighted by Gasteiger charge is 2.54. The molecule has 0 aromatic rings. The molecule has 3 nitrogen and oxygen atoms in total. The lowest BCUT2D eigenvalue weighted by Gasteiger charge is -2.11. The molecule has 1 aliphatic carbocycles. The fourth-order valence-electron chi connectivity index (χ4n) is 1.95. The van der Waals surface area contributed by atoms with Crippen LogP contribution >= 0.6 is 0 Å². The van der Waals surface area contributed by atoms with Crippen molar-refractivity contribution in [1.29, 1.82) is 0 Å². The number of hydrogen-bond donors (Lipinski definition) is 1. The lowest BCUT2D eigenvalue weighted by atomic mass is 10.1. The van der Waals surface area contributed by atoms with Crippen LogP contribution in [-0.4, -0.2) is 25.2 Å². The SMILES string of the molecule is CCC(C)C(=O)NC1[C@H]2COC[C@@H]12. The van der Waals surface area contributed by atoms with Crippen molar-refractivity contribution in [1.82, 2.24) is 5.32 Å². The third-order valence-electron chi connectivity index (χ3n) is 3.32. The van der Waals surface area contributed by atoms with Crippen LogP contribution in [-0.2, 0) is 9.53 Å². The Labute approximate surface area is 78.8 Å². The standard InChI is InChI=1S/C10H17NO2/c1-3-6(2)10(12)11-9-7-4-13-5-8(7)9/h6-9H,3-5H2,1-2H3,(H,11,12)/t6?,7-,8+,9?. The van der Waals surface area contributed by atoms with Gasteiger partial charge in [0.2, 0.25) is 5.91 Å². The van der Waals surface area contributed by atoms with Crippen molar-refractivity contribution in [2.24, 2.45) is 17.8 Å². The molecule has 0 bridgehead atoms. The number of carbonyl (C=O) groups excluding carboxylic acids is 1. The van der Waals surface area contributed by atoms with Gasteiger partial charge in [-0.05, 0) is 6.42 Å². The maximum atomic E-state index is 11.5. The Morgan fingerprint density at radius 2 is 2.15 bits per heavy atom. The van der Waals surface area contributed by atoms with Gasteiger partial charge in [-0.25, -0.2) is 0 Å². The molecule has 1 saturated heterocycles. The lowest BCUT2D eigenvalue weighted by Crippen LogP contribution is -2.33. The van der Waals surface area contributed by atoms with Crippen molar-refractivity contribution in [2.45, 2.75) is 26.3 Å². The number of hydrogen-bond acceptors (Lipinski definition) is 2. The third-order valence-corrected chi connectivity index (χ3v) is 3.32. The van der Waals surface area contributed by atoms with Gasteiger partial charge in [0.05, 0.1) is 13.2 Å². The summed E-state index contributed by atoms with van der Waals surface area (Å²) in [7, 11) is 0. The van der Waals surface area contributed by atoms with Gasteiger partial charge >= 0.3 is 0 Å². The monoisotopic (exact) mass is 183 g/mol. The van der Waals surface area contributed by atoms with Crippen LogP contribution in [0.1, 0.15) is 20.3 Å². The first kappa shape index (κ1) is 9.00. The summed E-state index contributed by atoms with van der Waals surface area (Å²) in [6.45, 7) is 5.71. The van der Waals surface area contributed by atoms with E-state index in [0.29, 0.717) is 17.9 Å². The predicted octanol–water partition coefficient (Wildman–Crippen LogP) is 0.793. The second-order valence-corrected chi connectivity index (χ2v) is 4.21. The van der Waals surface area contributed by atoms with Crippen LogP contribution in [0.15, 0.2) is 0 Å². The smallest absolute Gasteiger partial charge is 0.223 e. The van der Waals surface area contributed by atoms with Crippen LogP contribution in [0.3, 0.4) is 0 Å². The summed E-state index contributed by atoms with van der Waals surface area (Å²) in [5, 5.41) is 3.09. The molecule has 2 aliphatic rings. The van der Waals surface area contributed by atoms with Gasteiger partial charge in [0.25, 0.3) is 0 Å². The highest BCUT2D eigenvalue weighted by Crippen LogP contribution is 2.44. The highest BCUT2D eigenvalue weighted by atomic mass is 16.5. The van der Waals surface area contributed by atoms with Gasteiger partial charge in [-0.3, -0.25) is 4.79 Å². The first-order valence-corrected chi connectivity index (χ1v) is 5.12. The Bertz CT molecular complexity index is 207. The molecule has 74 valence electrons. The molecule has 1 heterocycles. The summed E-state index contributed by atoms with van der Waals surface area (Å²) >= 11 is 0. The summed E-state index contributed by atoms with van der Waals surface area (Å²) in [6, 6.07) is 0.426. The van der Waals surface area contributed by atoms with E-state index in [-0.39, 0.29) is 11.8 Å². The van der Waals surface area contributed by atoms with Crippen LogP contribution in [0.5, 0.6) is 0 Å². The molecule has 3 heteroatoms. The quantitative estimate of drug-likeness (QED) is 0.702. The van der Waals surface area contributed by atoms with E-state index in [1.807, 2.05) is 13.8 Å². The molecule has 0 aromatic heterocycles. The zero-order valence-electron chi connectivity index (χ0n) is 8.25. The maximum Gasteiger partial charge on any atom is 0.223 e. The van der Waals surface area contributed by atoms with Gasteiger partial charge in [-0.1, -0.05) is 13.8 Å². The molecule has 2 unspecified atom stereocenters. The largest absolute Gasteiger partial charge is 0.381 e. The molecular weight excluding hydrogens is 166 g/mol. The molecule has 13 heavy (non-hydrogen) atoms. The van der Waals surface area contributed by atoms with E-state index in [0.717, 1.165) is 19.6 Å². The summed E-state index contributed by atoms with van der Waals surface area (Å²) < 4.78 is 5.25. The number of fused-ring (bicyclic) bond motifs is 1. The summed E-state index contributed by atoms with van der Waals surface area (Å²) in [5.41, 5.74) is 0. The van der Waals surface area contributed by atoms with Crippen LogP contribution in [0.2, 0.25) is 0 Å². The Morgan fingerprint density at radius 1 is 1.54 bits per heavy atom. The van der Waals surface area contributed by atoms with Gasteiger partial charge in [0.1, 0.15) is 0 Å². The minimum Gasteiger partial charge on any atom is -0.381 e. The minimum absolute atomic E-state index is 0.155. The van der Waals surface area contributed by atoms with Gasteiger partial charge in [-0.2, -0.15) is 0 Å². The number of amides is 1. The van der Waals surface area contributed by atoms with Crippen molar-refractivity contribution in [3.63, 3.8) is 0 Å². The van der Waals surface area contributed by atoms with Crippen molar-refractivity contribution in [2.75, 3.05) is 13.2 Å². The van der Waals surface area contributed by atoms with Crippen LogP contribution < -0.4 is 5.32 Å². The average molecular weight is 183 g/mol. The fraction of sp³-hybridized carbons (Fsp3) is 0.900. The molecule has 2 rings (SSSR count). The third kappa shape index (κ3) is 1.57. The van der Waals surface area contributed by atoms with E-state index in [9.17, 15) is 4.79 Å². The van der Waals surface area contributed by atoms with Crippen molar-refractivity contribution in [3.8, 4) is 0 Å². The summed E-state index contributed by atoms with van der Waals surface area (Å²) in [6.07, 6.45) is 0.921. The minimum atomic E-state index is 0.155. The molecule has 4 atom stereocenters. The Morgan fingerprint density at radius 3 is 2.69 bits per heavy atom. The molecule has 0 radical (unpaired) electrons. The van der Waals surface area contributed by atoms with Crippen molar-refractivity contribution in [3.05, 3.63) is 0 Å². The molecule has 2 fully saturated rings. The molecule has 1 aliphatic heterocycles. The summed E-state index contributed by atoms with van der Waals surface area (Å²) in [4.78, 5) is 11.5. The summed E-state index contributed by atoms with van der Waals surface area (Å²) in [5.74, 6) is 1.60. The van der Waals surface area contributed by atoms with E-state index in [4.69, 9.17) is 4.74 Å². The molecular formula is C10H17NO2. The van der Waals surface area contributed by atoms with E-state index in [2.05, 4.69) is 5.32 Å². The van der Waals surface area contributed by atoms with Crippen LogP contribution in [0, 0.1) is 17.8 Å². The van der Waals surface area contributed by atoms with Gasteiger partial charge < -0.3 is 10.1 Å². The van der Waals surface area contributed by atoms with Gasteiger partial charge in [-0.15, -0.1) is 0 Å². The lowest BCUT2D eigenvalue weighted by molar-refractivity contribution is -0.125. The fourth-order valence-corrected chi connectivity index (χ4v) is 1.95. The number of nitrogens with one attached hydrogen (secondary N) is 1. The zero-order chi connectivity index (χ0) is 9.42. The predicted molar refractivity (Wildman–Crippen MR) is 49.2 cm³/mol. The molecule has 0 aromatic carbocycles. The highest BCUT2D eigenvalue weighted by molar-refractivity contribution is 5.79. The number of ether oxygens (including phenoxy) is 1. The first-order valence-electron chi connectivity index (χ1n) is 5.12. The van der Waals surface area contributed by atoms with Gasteiger partial charge in [0.15, 0.2) is 0 Å². The maximum absolute atomic E-state index is 11.5. The van der Waals surface area contributed by atoms with Gasteiger partial charge in [0, 0.05) is 23.8 Å². The molecule has 0 spiro atoms. The Kier molecular flexibility index (Phi) is 2.28. The second kappa shape index (κ2) is 3.29. The van der Waals surface area contributed by atoms with Crippen molar-refractivity contribution < 1.29 is 9.53 Å². The van der Waals surface area contributed by atoms with E-state index in [1.165, 1.54) is 0 Å². The topological polar surface area (TPSA) is 38.3 Å². The molecule has 1 amide bonds. The van der Waals surface area contributed by atoms with E-state index >= 15 is 0 Å². The Hall–Kier alpha value is -0.570. The van der Waals surface area contributed by atoms with E-state index in [1.54, 1.807) is 0 Å². The van der Waals surface area contributed by atoms with Crippen LogP contribution in [0.4, 0.5) is 0 Å². The molecule has 1 saturated carbocycles. The van der Waals surface area contributed by atoms with E-state index < -0.39 is 0 Å². The zero-order valence-corrected chi connectivity index (χ0v) is 8.25. The number of rotatable bonds is 3. The number of carbonyl (C=O) groups is 1. The van der Waals surface area contributed by atoms with Crippen molar-refractivity contribution >= 4 is 5.91 Å². The van der Waals surface area contributed by atoms with Crippen LogP contribution in [0.25, 0.3) is 0 Å². The average Bonchev–Trinajstić information content (AvgIpc) is 2.63. The molecule has 1 N–H and O–H groups in total. The first-order chi connectivity index (χ1) is 6.24. The second-order valence-electron chi connectivity index (χ2n) is 4.21.